The van der Waals surface area contributed by atoms with Crippen molar-refractivity contribution >= 4 is 18.3 Å². The summed E-state index contributed by atoms with van der Waals surface area (Å²) in [4.78, 5) is 11.6. The summed E-state index contributed by atoms with van der Waals surface area (Å²) in [6, 6.07) is 0.246. The van der Waals surface area contributed by atoms with Gasteiger partial charge in [-0.2, -0.15) is 5.10 Å². The van der Waals surface area contributed by atoms with Crippen molar-refractivity contribution in [2.24, 2.45) is 7.05 Å². The first-order valence-electron chi connectivity index (χ1n) is 6.02. The molecule has 0 aromatic carbocycles. The molecule has 19 heavy (non-hydrogen) atoms. The van der Waals surface area contributed by atoms with E-state index in [-0.39, 0.29) is 31.0 Å². The molecule has 1 rings (SSSR count). The molecule has 110 valence electrons. The van der Waals surface area contributed by atoms with E-state index in [0.29, 0.717) is 12.3 Å². The number of amides is 1. The lowest BCUT2D eigenvalue weighted by Crippen LogP contribution is -2.39. The van der Waals surface area contributed by atoms with Crippen LogP contribution < -0.4 is 15.4 Å². The predicted octanol–water partition coefficient (Wildman–Crippen LogP) is 0.562. The highest BCUT2D eigenvalue weighted by molar-refractivity contribution is 5.85. The van der Waals surface area contributed by atoms with Crippen LogP contribution >= 0.6 is 12.4 Å². The molecule has 0 fully saturated rings. The summed E-state index contributed by atoms with van der Waals surface area (Å²) >= 11 is 0. The van der Waals surface area contributed by atoms with Gasteiger partial charge in [0.1, 0.15) is 5.69 Å². The maximum Gasteiger partial charge on any atom is 0.257 e. The summed E-state index contributed by atoms with van der Waals surface area (Å²) in [7, 11) is 3.71. The summed E-state index contributed by atoms with van der Waals surface area (Å²) < 4.78 is 7.24. The molecular formula is C12H23ClN4O2. The Labute approximate surface area is 120 Å². The summed E-state index contributed by atoms with van der Waals surface area (Å²) in [6.45, 7) is 6.38. The van der Waals surface area contributed by atoms with E-state index in [1.54, 1.807) is 4.68 Å². The molecule has 0 saturated carbocycles. The molecule has 0 radical (unpaired) electrons. The second-order valence-corrected chi connectivity index (χ2v) is 4.41. The third kappa shape index (κ3) is 5.08. The smallest absolute Gasteiger partial charge is 0.257 e. The molecular weight excluding hydrogens is 268 g/mol. The lowest BCUT2D eigenvalue weighted by atomic mass is 10.3. The highest BCUT2D eigenvalue weighted by atomic mass is 35.5. The normalized spacial score (nSPS) is 11.6. The van der Waals surface area contributed by atoms with Gasteiger partial charge < -0.3 is 15.4 Å². The minimum absolute atomic E-state index is 0. The lowest BCUT2D eigenvalue weighted by molar-refractivity contribution is -0.123. The van der Waals surface area contributed by atoms with E-state index in [0.717, 1.165) is 11.4 Å². The number of aryl methyl sites for hydroxylation is 2. The van der Waals surface area contributed by atoms with Crippen molar-refractivity contribution in [3.63, 3.8) is 0 Å². The molecule has 0 aliphatic carbocycles. The van der Waals surface area contributed by atoms with Crippen molar-refractivity contribution in [3.05, 3.63) is 11.4 Å². The molecule has 6 nitrogen and oxygen atoms in total. The summed E-state index contributed by atoms with van der Waals surface area (Å²) in [5.41, 5.74) is 1.72. The number of halogens is 1. The van der Waals surface area contributed by atoms with Crippen LogP contribution in [0.5, 0.6) is 5.75 Å². The molecule has 0 bridgehead atoms. The van der Waals surface area contributed by atoms with Crippen molar-refractivity contribution in [1.82, 2.24) is 20.4 Å². The van der Waals surface area contributed by atoms with Crippen molar-refractivity contribution in [2.45, 2.75) is 26.8 Å². The third-order valence-corrected chi connectivity index (χ3v) is 2.89. The van der Waals surface area contributed by atoms with Gasteiger partial charge in [-0.3, -0.25) is 9.48 Å². The monoisotopic (exact) mass is 290 g/mol. The number of hydrogen-bond donors (Lipinski definition) is 2. The Hall–Kier alpha value is -1.27. The van der Waals surface area contributed by atoms with Gasteiger partial charge in [0.25, 0.3) is 5.91 Å². The molecule has 0 spiro atoms. The number of hydrogen-bond acceptors (Lipinski definition) is 4. The number of nitrogens with one attached hydrogen (secondary N) is 2. The molecule has 0 aliphatic heterocycles. The molecule has 1 aromatic heterocycles. The highest BCUT2D eigenvalue weighted by Crippen LogP contribution is 2.20. The van der Waals surface area contributed by atoms with Crippen LogP contribution in [0.3, 0.4) is 0 Å². The number of nitrogens with zero attached hydrogens (tertiary/aromatic N) is 2. The summed E-state index contributed by atoms with van der Waals surface area (Å²) in [6.07, 6.45) is 0. The summed E-state index contributed by atoms with van der Waals surface area (Å²) in [5, 5.41) is 10.1. The number of likely N-dealkylation sites (N-methyl/N-ethyl adjacent to an activating group) is 1. The largest absolute Gasteiger partial charge is 0.480 e. The van der Waals surface area contributed by atoms with Gasteiger partial charge >= 0.3 is 0 Å². The van der Waals surface area contributed by atoms with E-state index < -0.39 is 0 Å². The molecule has 0 saturated heterocycles. The zero-order chi connectivity index (χ0) is 13.7. The predicted molar refractivity (Wildman–Crippen MR) is 77.0 cm³/mol. The van der Waals surface area contributed by atoms with Crippen LogP contribution in [0, 0.1) is 13.8 Å². The fraction of sp³-hybridized carbons (Fsp3) is 0.667. The van der Waals surface area contributed by atoms with Gasteiger partial charge in [-0.25, -0.2) is 0 Å². The molecule has 1 unspecified atom stereocenters. The molecule has 7 heteroatoms. The second-order valence-electron chi connectivity index (χ2n) is 4.41. The Morgan fingerprint density at radius 2 is 2.11 bits per heavy atom. The maximum absolute atomic E-state index is 11.6. The average Bonchev–Trinajstić information content (AvgIpc) is 2.58. The van der Waals surface area contributed by atoms with Crippen LogP contribution in [0.4, 0.5) is 0 Å². The number of carbonyl (C=O) groups is 1. The fourth-order valence-corrected chi connectivity index (χ4v) is 1.52. The van der Waals surface area contributed by atoms with E-state index >= 15 is 0 Å². The standard InChI is InChI=1S/C12H22N4O2.ClH/c1-8(13-4)6-14-11(17)7-18-12-9(2)15-16(5)10(12)3;/h8,13H,6-7H2,1-5H3,(H,14,17);1H. The van der Waals surface area contributed by atoms with Gasteiger partial charge in [0.15, 0.2) is 12.4 Å². The quantitative estimate of drug-likeness (QED) is 0.803. The SMILES string of the molecule is CNC(C)CNC(=O)COc1c(C)nn(C)c1C.Cl. The Bertz CT molecular complexity index is 420. The molecule has 0 aliphatic rings. The minimum atomic E-state index is -0.125. The van der Waals surface area contributed by atoms with Gasteiger partial charge in [0.05, 0.1) is 5.69 Å². The first-order chi connectivity index (χ1) is 8.45. The Morgan fingerprint density at radius 1 is 1.47 bits per heavy atom. The van der Waals surface area contributed by atoms with Crippen molar-refractivity contribution in [2.75, 3.05) is 20.2 Å². The van der Waals surface area contributed by atoms with Gasteiger partial charge in [-0.15, -0.1) is 12.4 Å². The lowest BCUT2D eigenvalue weighted by Gasteiger charge is -2.12. The second kappa shape index (κ2) is 8.01. The Kier molecular flexibility index (Phi) is 7.48. The molecule has 1 amide bonds. The zero-order valence-electron chi connectivity index (χ0n) is 12.1. The van der Waals surface area contributed by atoms with Gasteiger partial charge in [-0.05, 0) is 27.8 Å². The van der Waals surface area contributed by atoms with Gasteiger partial charge in [0.2, 0.25) is 0 Å². The van der Waals surface area contributed by atoms with Crippen molar-refractivity contribution in [1.29, 1.82) is 0 Å². The molecule has 1 atom stereocenters. The maximum atomic E-state index is 11.6. The topological polar surface area (TPSA) is 68.2 Å². The van der Waals surface area contributed by atoms with E-state index in [2.05, 4.69) is 15.7 Å². The van der Waals surface area contributed by atoms with Crippen molar-refractivity contribution < 1.29 is 9.53 Å². The van der Waals surface area contributed by atoms with E-state index in [4.69, 9.17) is 4.74 Å². The van der Waals surface area contributed by atoms with Gasteiger partial charge in [-0.1, -0.05) is 0 Å². The number of ether oxygens (including phenoxy) is 1. The van der Waals surface area contributed by atoms with Crippen LogP contribution in [-0.4, -0.2) is 41.9 Å². The van der Waals surface area contributed by atoms with Crippen LogP contribution in [0.1, 0.15) is 18.3 Å². The van der Waals surface area contributed by atoms with Crippen LogP contribution in [0.15, 0.2) is 0 Å². The third-order valence-electron chi connectivity index (χ3n) is 2.89. The highest BCUT2D eigenvalue weighted by Gasteiger charge is 2.12. The minimum Gasteiger partial charge on any atom is -0.480 e. The van der Waals surface area contributed by atoms with E-state index in [1.165, 1.54) is 0 Å². The molecule has 1 aromatic rings. The van der Waals surface area contributed by atoms with Crippen LogP contribution in [-0.2, 0) is 11.8 Å². The van der Waals surface area contributed by atoms with Crippen LogP contribution in [0.2, 0.25) is 0 Å². The number of rotatable bonds is 6. The Balaban J connectivity index is 0.00000324. The number of aromatic nitrogens is 2. The molecule has 1 heterocycles. The Morgan fingerprint density at radius 3 is 2.58 bits per heavy atom. The summed E-state index contributed by atoms with van der Waals surface area (Å²) in [5.74, 6) is 0.564. The van der Waals surface area contributed by atoms with E-state index in [1.807, 2.05) is 34.9 Å². The fourth-order valence-electron chi connectivity index (χ4n) is 1.52. The van der Waals surface area contributed by atoms with Crippen molar-refractivity contribution in [3.8, 4) is 5.75 Å². The van der Waals surface area contributed by atoms with E-state index in [9.17, 15) is 4.79 Å². The molecule has 2 N–H and O–H groups in total. The first-order valence-corrected chi connectivity index (χ1v) is 6.02. The zero-order valence-corrected chi connectivity index (χ0v) is 12.9. The van der Waals surface area contributed by atoms with Gasteiger partial charge in [0, 0.05) is 19.6 Å². The number of carbonyl (C=O) groups excluding carboxylic acids is 1. The van der Waals surface area contributed by atoms with Crippen LogP contribution in [0.25, 0.3) is 0 Å². The first kappa shape index (κ1) is 17.7. The average molecular weight is 291 g/mol.